The molecule has 3 nitrogen and oxygen atoms in total. The van der Waals surface area contributed by atoms with Crippen molar-refractivity contribution in [2.75, 3.05) is 6.54 Å². The van der Waals surface area contributed by atoms with E-state index in [9.17, 15) is 9.59 Å². The summed E-state index contributed by atoms with van der Waals surface area (Å²) in [5, 5.41) is 3.26. The maximum absolute atomic E-state index is 13.3. The molecule has 38 heavy (non-hydrogen) atoms. The molecule has 1 aromatic rings. The van der Waals surface area contributed by atoms with Crippen LogP contribution in [0.15, 0.2) is 42.6 Å². The number of ketones is 1. The van der Waals surface area contributed by atoms with Crippen LogP contribution in [0.4, 0.5) is 0 Å². The summed E-state index contributed by atoms with van der Waals surface area (Å²) in [5.41, 5.74) is 4.90. The van der Waals surface area contributed by atoms with Gasteiger partial charge in [0.2, 0.25) is 0 Å². The number of carbonyl (C=O) groups is 2. The number of hydrogen-bond donors (Lipinski definition) is 1. The van der Waals surface area contributed by atoms with E-state index in [4.69, 9.17) is 0 Å². The second-order valence-electron chi connectivity index (χ2n) is 11.2. The van der Waals surface area contributed by atoms with Crippen molar-refractivity contribution in [1.82, 2.24) is 5.32 Å². The fraction of sp³-hybridized carbons (Fsp3) is 0.657. The van der Waals surface area contributed by atoms with Crippen molar-refractivity contribution in [3.8, 4) is 0 Å². The van der Waals surface area contributed by atoms with Gasteiger partial charge in [-0.1, -0.05) is 103 Å². The van der Waals surface area contributed by atoms with Crippen molar-refractivity contribution in [1.29, 1.82) is 0 Å². The monoisotopic (exact) mass is 523 g/mol. The number of unbranched alkanes of at least 4 members (excludes halogenated alkanes) is 9. The van der Waals surface area contributed by atoms with Crippen LogP contribution in [-0.2, 0) is 11.2 Å². The highest BCUT2D eigenvalue weighted by Crippen LogP contribution is 2.30. The number of Topliss-reactive ketones (excluding diaryl/α,β-unsaturated/α-hetero) is 1. The summed E-state index contributed by atoms with van der Waals surface area (Å²) >= 11 is 0. The van der Waals surface area contributed by atoms with E-state index in [2.05, 4.69) is 50.9 Å². The Hall–Kier alpha value is -2.16. The fourth-order valence-electron chi connectivity index (χ4n) is 5.41. The van der Waals surface area contributed by atoms with Gasteiger partial charge in [0, 0.05) is 18.0 Å². The van der Waals surface area contributed by atoms with E-state index < -0.39 is 0 Å². The molecule has 0 aliphatic heterocycles. The van der Waals surface area contributed by atoms with Crippen LogP contribution in [0.1, 0.15) is 151 Å². The van der Waals surface area contributed by atoms with Gasteiger partial charge in [0.25, 0.3) is 0 Å². The SMILES string of the molecule is C=CNCCC(CC)c1ccc(C(=O)C(C)CCCCCCC)cc1CCCCCCCC/C(C)=C/C=O. The van der Waals surface area contributed by atoms with E-state index in [1.165, 1.54) is 74.5 Å². The van der Waals surface area contributed by atoms with Crippen LogP contribution in [0.3, 0.4) is 0 Å². The van der Waals surface area contributed by atoms with Gasteiger partial charge in [-0.2, -0.15) is 0 Å². The van der Waals surface area contributed by atoms with Crippen molar-refractivity contribution < 1.29 is 9.59 Å². The average Bonchev–Trinajstić information content (AvgIpc) is 2.92. The van der Waals surface area contributed by atoms with Gasteiger partial charge in [-0.15, -0.1) is 0 Å². The molecule has 0 aliphatic rings. The summed E-state index contributed by atoms with van der Waals surface area (Å²) in [6, 6.07) is 6.59. The largest absolute Gasteiger partial charge is 0.391 e. The molecule has 0 heterocycles. The first-order valence-electron chi connectivity index (χ1n) is 15.6. The Morgan fingerprint density at radius 2 is 1.63 bits per heavy atom. The van der Waals surface area contributed by atoms with Crippen molar-refractivity contribution in [3.05, 3.63) is 59.3 Å². The summed E-state index contributed by atoms with van der Waals surface area (Å²) in [5.74, 6) is 0.910. The number of hydrogen-bond acceptors (Lipinski definition) is 3. The van der Waals surface area contributed by atoms with Crippen molar-refractivity contribution in [2.45, 2.75) is 136 Å². The van der Waals surface area contributed by atoms with Crippen LogP contribution < -0.4 is 5.32 Å². The highest BCUT2D eigenvalue weighted by Gasteiger charge is 2.19. The van der Waals surface area contributed by atoms with E-state index in [-0.39, 0.29) is 5.92 Å². The highest BCUT2D eigenvalue weighted by molar-refractivity contribution is 5.97. The van der Waals surface area contributed by atoms with E-state index in [0.29, 0.717) is 11.7 Å². The first-order valence-corrected chi connectivity index (χ1v) is 15.6. The predicted molar refractivity (Wildman–Crippen MR) is 165 cm³/mol. The summed E-state index contributed by atoms with van der Waals surface area (Å²) < 4.78 is 0. The maximum atomic E-state index is 13.3. The third kappa shape index (κ3) is 14.1. The number of aldehydes is 1. The maximum Gasteiger partial charge on any atom is 0.165 e. The third-order valence-corrected chi connectivity index (χ3v) is 7.95. The molecule has 0 spiro atoms. The van der Waals surface area contributed by atoms with Crippen LogP contribution >= 0.6 is 0 Å². The molecule has 1 rings (SSSR count). The summed E-state index contributed by atoms with van der Waals surface area (Å²) in [7, 11) is 0. The van der Waals surface area contributed by atoms with Crippen LogP contribution in [0.2, 0.25) is 0 Å². The quantitative estimate of drug-likeness (QED) is 0.0634. The number of aryl methyl sites for hydroxylation is 1. The second kappa shape index (κ2) is 21.7. The Labute approximate surface area is 235 Å². The second-order valence-corrected chi connectivity index (χ2v) is 11.2. The number of nitrogens with one attached hydrogen (secondary N) is 1. The molecule has 1 aromatic carbocycles. The van der Waals surface area contributed by atoms with Crippen LogP contribution in [-0.4, -0.2) is 18.6 Å². The number of allylic oxidation sites excluding steroid dienone is 2. The Kier molecular flexibility index (Phi) is 19.4. The smallest absolute Gasteiger partial charge is 0.165 e. The van der Waals surface area contributed by atoms with Crippen molar-refractivity contribution in [3.63, 3.8) is 0 Å². The predicted octanol–water partition coefficient (Wildman–Crippen LogP) is 9.90. The zero-order valence-corrected chi connectivity index (χ0v) is 25.2. The summed E-state index contributed by atoms with van der Waals surface area (Å²) in [4.78, 5) is 23.9. The molecule has 0 fully saturated rings. The molecule has 2 atom stereocenters. The lowest BCUT2D eigenvalue weighted by molar-refractivity contribution is -0.104. The van der Waals surface area contributed by atoms with Gasteiger partial charge in [-0.05, 0) is 87.3 Å². The lowest BCUT2D eigenvalue weighted by Crippen LogP contribution is -2.15. The van der Waals surface area contributed by atoms with E-state index >= 15 is 0 Å². The molecule has 1 N–H and O–H groups in total. The third-order valence-electron chi connectivity index (χ3n) is 7.95. The van der Waals surface area contributed by atoms with Gasteiger partial charge >= 0.3 is 0 Å². The average molecular weight is 524 g/mol. The summed E-state index contributed by atoms with van der Waals surface area (Å²) in [6.07, 6.45) is 23.1. The van der Waals surface area contributed by atoms with Gasteiger partial charge in [0.05, 0.1) is 0 Å². The van der Waals surface area contributed by atoms with Crippen molar-refractivity contribution in [2.24, 2.45) is 5.92 Å². The van der Waals surface area contributed by atoms with Gasteiger partial charge < -0.3 is 5.32 Å². The minimum atomic E-state index is 0.0964. The minimum absolute atomic E-state index is 0.0964. The van der Waals surface area contributed by atoms with Gasteiger partial charge in [-0.3, -0.25) is 9.59 Å². The van der Waals surface area contributed by atoms with E-state index in [1.54, 1.807) is 12.3 Å². The molecule has 2 unspecified atom stereocenters. The molecule has 0 radical (unpaired) electrons. The molecule has 0 saturated carbocycles. The Morgan fingerprint density at radius 3 is 2.32 bits per heavy atom. The fourth-order valence-corrected chi connectivity index (χ4v) is 5.41. The lowest BCUT2D eigenvalue weighted by atomic mass is 9.84. The molecular weight excluding hydrogens is 466 g/mol. The number of rotatable bonds is 24. The normalized spacial score (nSPS) is 13.2. The standard InChI is InChI=1S/C35H57NO2/c1-6-9-10-13-17-20-30(5)35(38)33-22-23-34(31(7-2)24-26-36-8-3)32(28-33)21-18-15-12-11-14-16-19-29(4)25-27-37/h8,22-23,25,27-28,30-31,36H,3,6-7,9-21,24,26H2,1-2,4-5H3/b29-25+. The van der Waals surface area contributed by atoms with Crippen LogP contribution in [0.25, 0.3) is 0 Å². The molecule has 0 bridgehead atoms. The molecule has 0 aliphatic carbocycles. The Bertz CT molecular complexity index is 825. The van der Waals surface area contributed by atoms with Gasteiger partial charge in [-0.25, -0.2) is 0 Å². The zero-order chi connectivity index (χ0) is 28.0. The van der Waals surface area contributed by atoms with Crippen LogP contribution in [0.5, 0.6) is 0 Å². The first-order chi connectivity index (χ1) is 18.5. The van der Waals surface area contributed by atoms with Crippen LogP contribution in [0, 0.1) is 5.92 Å². The number of benzene rings is 1. The topological polar surface area (TPSA) is 46.2 Å². The molecule has 214 valence electrons. The number of carbonyl (C=O) groups excluding carboxylic acids is 2. The van der Waals surface area contributed by atoms with E-state index in [1.807, 2.05) is 6.92 Å². The highest BCUT2D eigenvalue weighted by atomic mass is 16.1. The molecule has 0 aromatic heterocycles. The first kappa shape index (κ1) is 33.9. The molecule has 0 amide bonds. The minimum Gasteiger partial charge on any atom is -0.391 e. The Balaban J connectivity index is 2.76. The lowest BCUT2D eigenvalue weighted by Gasteiger charge is -2.21. The zero-order valence-electron chi connectivity index (χ0n) is 25.2. The summed E-state index contributed by atoms with van der Waals surface area (Å²) in [6.45, 7) is 13.4. The molecule has 3 heteroatoms. The van der Waals surface area contributed by atoms with Gasteiger partial charge in [0.15, 0.2) is 5.78 Å². The van der Waals surface area contributed by atoms with Crippen molar-refractivity contribution >= 4 is 12.1 Å². The van der Waals surface area contributed by atoms with Gasteiger partial charge in [0.1, 0.15) is 6.29 Å². The Morgan fingerprint density at radius 1 is 0.947 bits per heavy atom. The molecular formula is C35H57NO2. The molecule has 0 saturated heterocycles. The van der Waals surface area contributed by atoms with E-state index in [0.717, 1.165) is 63.3 Å².